The molecule has 0 radical (unpaired) electrons. The van der Waals surface area contributed by atoms with Crippen molar-refractivity contribution in [3.63, 3.8) is 0 Å². The molecule has 0 aliphatic heterocycles. The number of nitrogens with zero attached hydrogens (tertiary/aromatic N) is 1. The van der Waals surface area contributed by atoms with Crippen molar-refractivity contribution >= 4 is 17.6 Å². The van der Waals surface area contributed by atoms with Crippen molar-refractivity contribution in [2.24, 2.45) is 0 Å². The number of benzene rings is 1. The molecule has 18 heavy (non-hydrogen) atoms. The van der Waals surface area contributed by atoms with Crippen LogP contribution < -0.4 is 0 Å². The molecule has 94 valence electrons. The molecule has 0 amide bonds. The van der Waals surface area contributed by atoms with Crippen molar-refractivity contribution in [1.82, 2.24) is 4.57 Å². The van der Waals surface area contributed by atoms with Gasteiger partial charge in [0, 0.05) is 12.1 Å². The lowest BCUT2D eigenvalue weighted by molar-refractivity contribution is 0.0685. The van der Waals surface area contributed by atoms with Crippen LogP contribution in [0.15, 0.2) is 30.3 Å². The van der Waals surface area contributed by atoms with E-state index in [1.807, 2.05) is 32.0 Å². The summed E-state index contributed by atoms with van der Waals surface area (Å²) in [5.74, 6) is -0.925. The molecule has 3 nitrogen and oxygen atoms in total. The van der Waals surface area contributed by atoms with Gasteiger partial charge in [0.05, 0.1) is 10.7 Å². The van der Waals surface area contributed by atoms with Gasteiger partial charge in [-0.05, 0) is 37.6 Å². The van der Waals surface area contributed by atoms with Gasteiger partial charge in [0.15, 0.2) is 0 Å². The van der Waals surface area contributed by atoms with Crippen LogP contribution >= 0.6 is 11.6 Å². The third-order valence-electron chi connectivity index (χ3n) is 2.92. The molecule has 0 aliphatic carbocycles. The molecule has 2 rings (SSSR count). The number of rotatable bonds is 3. The van der Waals surface area contributed by atoms with E-state index in [4.69, 9.17) is 16.7 Å². The van der Waals surface area contributed by atoms with Crippen LogP contribution in [-0.4, -0.2) is 15.6 Å². The fraction of sp³-hybridized carbons (Fsp3) is 0.214. The van der Waals surface area contributed by atoms with E-state index in [1.165, 1.54) is 0 Å². The Labute approximate surface area is 111 Å². The minimum absolute atomic E-state index is 0.282. The number of carbonyl (C=O) groups is 1. The molecule has 1 heterocycles. The van der Waals surface area contributed by atoms with Gasteiger partial charge in [-0.15, -0.1) is 0 Å². The Bertz CT molecular complexity index is 602. The molecule has 2 aromatic rings. The quantitative estimate of drug-likeness (QED) is 0.914. The number of hydrogen-bond donors (Lipinski definition) is 1. The van der Waals surface area contributed by atoms with E-state index in [9.17, 15) is 4.79 Å². The average Bonchev–Trinajstić information content (AvgIpc) is 2.72. The molecule has 0 unspecified atom stereocenters. The van der Waals surface area contributed by atoms with Gasteiger partial charge in [-0.25, -0.2) is 4.79 Å². The minimum Gasteiger partial charge on any atom is -0.477 e. The van der Waals surface area contributed by atoms with Gasteiger partial charge in [-0.2, -0.15) is 0 Å². The van der Waals surface area contributed by atoms with Crippen LogP contribution in [0.2, 0.25) is 5.02 Å². The van der Waals surface area contributed by atoms with Gasteiger partial charge >= 0.3 is 5.97 Å². The Morgan fingerprint density at radius 1 is 1.33 bits per heavy atom. The van der Waals surface area contributed by atoms with Crippen molar-refractivity contribution in [3.05, 3.63) is 46.6 Å². The first-order valence-corrected chi connectivity index (χ1v) is 6.11. The molecular weight excluding hydrogens is 250 g/mol. The van der Waals surface area contributed by atoms with Crippen molar-refractivity contribution in [2.75, 3.05) is 0 Å². The first kappa shape index (κ1) is 12.7. The number of carboxylic acid groups (broad SMARTS) is 1. The van der Waals surface area contributed by atoms with Crippen molar-refractivity contribution in [3.8, 4) is 11.3 Å². The Kier molecular flexibility index (Phi) is 3.43. The molecular formula is C14H14ClNO2. The van der Waals surface area contributed by atoms with Gasteiger partial charge < -0.3 is 9.67 Å². The minimum atomic E-state index is -0.925. The summed E-state index contributed by atoms with van der Waals surface area (Å²) in [5.41, 5.74) is 3.05. The van der Waals surface area contributed by atoms with Gasteiger partial charge in [0.25, 0.3) is 0 Å². The van der Waals surface area contributed by atoms with Crippen LogP contribution in [0.3, 0.4) is 0 Å². The lowest BCUT2D eigenvalue weighted by Gasteiger charge is -2.10. The van der Waals surface area contributed by atoms with Gasteiger partial charge in [-0.1, -0.05) is 23.7 Å². The maximum Gasteiger partial charge on any atom is 0.352 e. The van der Waals surface area contributed by atoms with Gasteiger partial charge in [0.1, 0.15) is 5.69 Å². The maximum absolute atomic E-state index is 11.1. The van der Waals surface area contributed by atoms with Crippen LogP contribution in [0.5, 0.6) is 0 Å². The van der Waals surface area contributed by atoms with E-state index < -0.39 is 5.97 Å². The molecule has 0 aliphatic rings. The molecule has 0 bridgehead atoms. The Balaban J connectivity index is 2.60. The number of carboxylic acids is 1. The van der Waals surface area contributed by atoms with Crippen molar-refractivity contribution in [2.45, 2.75) is 20.4 Å². The normalized spacial score (nSPS) is 10.6. The summed E-state index contributed by atoms with van der Waals surface area (Å²) >= 11 is 6.22. The summed E-state index contributed by atoms with van der Waals surface area (Å²) in [4.78, 5) is 11.1. The Morgan fingerprint density at radius 2 is 2.06 bits per heavy atom. The third-order valence-corrected chi connectivity index (χ3v) is 3.23. The number of aromatic nitrogens is 1. The summed E-state index contributed by atoms with van der Waals surface area (Å²) in [7, 11) is 0. The monoisotopic (exact) mass is 263 g/mol. The van der Waals surface area contributed by atoms with Crippen LogP contribution in [0.1, 0.15) is 23.0 Å². The number of aryl methyl sites for hydroxylation is 1. The molecule has 1 N–H and O–H groups in total. The van der Waals surface area contributed by atoms with Gasteiger partial charge in [0.2, 0.25) is 0 Å². The molecule has 0 saturated heterocycles. The van der Waals surface area contributed by atoms with E-state index in [1.54, 1.807) is 16.7 Å². The highest BCUT2D eigenvalue weighted by atomic mass is 35.5. The summed E-state index contributed by atoms with van der Waals surface area (Å²) in [5, 5.41) is 9.76. The second-order valence-electron chi connectivity index (χ2n) is 4.14. The smallest absolute Gasteiger partial charge is 0.352 e. The van der Waals surface area contributed by atoms with Crippen LogP contribution in [-0.2, 0) is 6.54 Å². The van der Waals surface area contributed by atoms with E-state index in [0.717, 1.165) is 16.8 Å². The first-order valence-electron chi connectivity index (χ1n) is 5.74. The van der Waals surface area contributed by atoms with E-state index in [0.29, 0.717) is 11.6 Å². The first-order chi connectivity index (χ1) is 8.54. The second-order valence-corrected chi connectivity index (χ2v) is 4.54. The standard InChI is InChI=1S/C14H14ClNO2/c1-3-16-12(6-7-13(16)14(17)18)10-5-4-9(2)8-11(10)15/h4-8H,3H2,1-2H3,(H,17,18). The molecule has 0 atom stereocenters. The topological polar surface area (TPSA) is 42.2 Å². The van der Waals surface area contributed by atoms with E-state index in [2.05, 4.69) is 0 Å². The van der Waals surface area contributed by atoms with E-state index >= 15 is 0 Å². The zero-order chi connectivity index (χ0) is 13.3. The predicted molar refractivity (Wildman–Crippen MR) is 72.2 cm³/mol. The summed E-state index contributed by atoms with van der Waals surface area (Å²) < 4.78 is 1.75. The maximum atomic E-state index is 11.1. The zero-order valence-electron chi connectivity index (χ0n) is 10.3. The molecule has 1 aromatic carbocycles. The van der Waals surface area contributed by atoms with Crippen molar-refractivity contribution in [1.29, 1.82) is 0 Å². The lowest BCUT2D eigenvalue weighted by atomic mass is 10.1. The predicted octanol–water partition coefficient (Wildman–Crippen LogP) is 3.84. The third kappa shape index (κ3) is 2.14. The molecule has 1 aromatic heterocycles. The highest BCUT2D eigenvalue weighted by molar-refractivity contribution is 6.33. The largest absolute Gasteiger partial charge is 0.477 e. The van der Waals surface area contributed by atoms with E-state index in [-0.39, 0.29) is 5.69 Å². The van der Waals surface area contributed by atoms with Crippen LogP contribution in [0.25, 0.3) is 11.3 Å². The van der Waals surface area contributed by atoms with Crippen LogP contribution in [0.4, 0.5) is 0 Å². The molecule has 0 spiro atoms. The van der Waals surface area contributed by atoms with Crippen molar-refractivity contribution < 1.29 is 9.90 Å². The number of halogens is 1. The molecule has 0 saturated carbocycles. The molecule has 0 fully saturated rings. The fourth-order valence-corrected chi connectivity index (χ4v) is 2.39. The summed E-state index contributed by atoms with van der Waals surface area (Å²) in [6.45, 7) is 4.48. The second kappa shape index (κ2) is 4.86. The highest BCUT2D eigenvalue weighted by Gasteiger charge is 2.15. The number of aromatic carboxylic acids is 1. The summed E-state index contributed by atoms with van der Waals surface area (Å²) in [6, 6.07) is 9.17. The SMILES string of the molecule is CCn1c(C(=O)O)ccc1-c1ccc(C)cc1Cl. The average molecular weight is 264 g/mol. The Morgan fingerprint density at radius 3 is 2.61 bits per heavy atom. The molecule has 4 heteroatoms. The fourth-order valence-electron chi connectivity index (χ4n) is 2.06. The highest BCUT2D eigenvalue weighted by Crippen LogP contribution is 2.30. The Hall–Kier alpha value is -1.74. The lowest BCUT2D eigenvalue weighted by Crippen LogP contribution is -2.08. The summed E-state index contributed by atoms with van der Waals surface area (Å²) in [6.07, 6.45) is 0. The zero-order valence-corrected chi connectivity index (χ0v) is 11.0. The number of hydrogen-bond acceptors (Lipinski definition) is 1. The van der Waals surface area contributed by atoms with Crippen LogP contribution in [0, 0.1) is 6.92 Å². The van der Waals surface area contributed by atoms with Gasteiger partial charge in [-0.3, -0.25) is 0 Å².